The van der Waals surface area contributed by atoms with Crippen molar-refractivity contribution >= 4 is 5.91 Å². The van der Waals surface area contributed by atoms with Gasteiger partial charge in [0.2, 0.25) is 5.91 Å². The quantitative estimate of drug-likeness (QED) is 0.794. The number of rotatable bonds is 8. The highest BCUT2D eigenvalue weighted by Crippen LogP contribution is 2.19. The Morgan fingerprint density at radius 3 is 2.79 bits per heavy atom. The van der Waals surface area contributed by atoms with Gasteiger partial charge in [-0.15, -0.1) is 0 Å². The molecule has 24 heavy (non-hydrogen) atoms. The number of hydrogen-bond acceptors (Lipinski definition) is 3. The van der Waals surface area contributed by atoms with Crippen molar-refractivity contribution in [2.24, 2.45) is 5.92 Å². The van der Waals surface area contributed by atoms with E-state index in [1.54, 1.807) is 7.11 Å². The van der Waals surface area contributed by atoms with Crippen LogP contribution in [-0.2, 0) is 11.2 Å². The van der Waals surface area contributed by atoms with Gasteiger partial charge < -0.3 is 15.0 Å². The normalized spacial score (nSPS) is 17.5. The second kappa shape index (κ2) is 9.67. The molecule has 1 aromatic rings. The van der Waals surface area contributed by atoms with E-state index in [1.807, 2.05) is 12.1 Å². The maximum atomic E-state index is 12.6. The zero-order valence-electron chi connectivity index (χ0n) is 15.4. The van der Waals surface area contributed by atoms with E-state index >= 15 is 0 Å². The van der Waals surface area contributed by atoms with Crippen molar-refractivity contribution in [1.82, 2.24) is 10.2 Å². The minimum Gasteiger partial charge on any atom is -0.497 e. The van der Waals surface area contributed by atoms with Crippen molar-refractivity contribution < 1.29 is 9.53 Å². The number of unbranched alkanes of at least 4 members (excludes halogenated alkanes) is 1. The summed E-state index contributed by atoms with van der Waals surface area (Å²) >= 11 is 0. The molecule has 0 unspecified atom stereocenters. The highest BCUT2D eigenvalue weighted by molar-refractivity contribution is 5.79. The molecular weight excluding hydrogens is 300 g/mol. The fraction of sp³-hybridized carbons (Fsp3) is 0.650. The number of nitrogens with one attached hydrogen (secondary N) is 1. The topological polar surface area (TPSA) is 41.6 Å². The van der Waals surface area contributed by atoms with Crippen LogP contribution in [0.5, 0.6) is 5.75 Å². The summed E-state index contributed by atoms with van der Waals surface area (Å²) in [5.74, 6) is 1.30. The van der Waals surface area contributed by atoms with Gasteiger partial charge >= 0.3 is 0 Å². The molecule has 0 bridgehead atoms. The summed E-state index contributed by atoms with van der Waals surface area (Å²) < 4.78 is 5.31. The number of nitrogens with zero attached hydrogens (tertiary/aromatic N) is 1. The Morgan fingerprint density at radius 1 is 1.38 bits per heavy atom. The predicted molar refractivity (Wildman–Crippen MR) is 98.4 cm³/mol. The van der Waals surface area contributed by atoms with Crippen molar-refractivity contribution in [1.29, 1.82) is 0 Å². The Labute approximate surface area is 146 Å². The summed E-state index contributed by atoms with van der Waals surface area (Å²) in [6.45, 7) is 4.24. The van der Waals surface area contributed by atoms with E-state index in [2.05, 4.69) is 36.3 Å². The van der Waals surface area contributed by atoms with Crippen molar-refractivity contribution in [3.8, 4) is 5.75 Å². The maximum Gasteiger partial charge on any atom is 0.223 e. The van der Waals surface area contributed by atoms with Crippen LogP contribution in [0.15, 0.2) is 24.3 Å². The van der Waals surface area contributed by atoms with Crippen LogP contribution >= 0.6 is 0 Å². The lowest BCUT2D eigenvalue weighted by Gasteiger charge is -2.29. The molecule has 1 fully saturated rings. The molecule has 0 aliphatic carbocycles. The zero-order chi connectivity index (χ0) is 17.4. The lowest BCUT2D eigenvalue weighted by Crippen LogP contribution is -2.43. The first-order chi connectivity index (χ1) is 11.6. The van der Waals surface area contributed by atoms with Crippen LogP contribution in [0.4, 0.5) is 0 Å². The van der Waals surface area contributed by atoms with Crippen LogP contribution < -0.4 is 10.1 Å². The number of amides is 1. The van der Waals surface area contributed by atoms with Crippen LogP contribution in [0.25, 0.3) is 0 Å². The average Bonchev–Trinajstić information content (AvgIpc) is 2.60. The van der Waals surface area contributed by atoms with Crippen molar-refractivity contribution in [3.63, 3.8) is 0 Å². The standard InChI is InChI=1S/C20H32N2O2/c1-4-5-8-18(14-16-7-6-9-19(15-16)24-3)21-20(23)17-10-12-22(2)13-11-17/h6-7,9,15,17-18H,4-5,8,10-14H2,1-3H3,(H,21,23)/t18-/m0/s1. The molecule has 1 aliphatic heterocycles. The smallest absolute Gasteiger partial charge is 0.223 e. The van der Waals surface area contributed by atoms with E-state index in [9.17, 15) is 4.79 Å². The monoisotopic (exact) mass is 332 g/mol. The number of carbonyl (C=O) groups excluding carboxylic acids is 1. The van der Waals surface area contributed by atoms with Gasteiger partial charge in [-0.3, -0.25) is 4.79 Å². The lowest BCUT2D eigenvalue weighted by molar-refractivity contribution is -0.127. The van der Waals surface area contributed by atoms with Gasteiger partial charge in [0, 0.05) is 12.0 Å². The fourth-order valence-corrected chi connectivity index (χ4v) is 3.35. The van der Waals surface area contributed by atoms with Crippen LogP contribution in [0.3, 0.4) is 0 Å². The SMILES string of the molecule is CCCC[C@@H](Cc1cccc(OC)c1)NC(=O)C1CCN(C)CC1. The largest absolute Gasteiger partial charge is 0.497 e. The molecule has 4 nitrogen and oxygen atoms in total. The summed E-state index contributed by atoms with van der Waals surface area (Å²) in [7, 11) is 3.82. The maximum absolute atomic E-state index is 12.6. The summed E-state index contributed by atoms with van der Waals surface area (Å²) in [6.07, 6.45) is 6.15. The molecule has 0 spiro atoms. The lowest BCUT2D eigenvalue weighted by atomic mass is 9.94. The van der Waals surface area contributed by atoms with Crippen molar-refractivity contribution in [3.05, 3.63) is 29.8 Å². The molecule has 0 radical (unpaired) electrons. The summed E-state index contributed by atoms with van der Waals surface area (Å²) in [4.78, 5) is 14.9. The Kier molecular flexibility index (Phi) is 7.57. The zero-order valence-corrected chi connectivity index (χ0v) is 15.4. The van der Waals surface area contributed by atoms with Crippen LogP contribution in [0.2, 0.25) is 0 Å². The molecule has 1 aliphatic rings. The number of hydrogen-bond donors (Lipinski definition) is 1. The Balaban J connectivity index is 1.95. The number of likely N-dealkylation sites (tertiary alicyclic amines) is 1. The minimum absolute atomic E-state index is 0.177. The van der Waals surface area contributed by atoms with Gasteiger partial charge in [-0.2, -0.15) is 0 Å². The molecule has 134 valence electrons. The van der Waals surface area contributed by atoms with E-state index in [1.165, 1.54) is 5.56 Å². The molecule has 4 heteroatoms. The minimum atomic E-state index is 0.177. The highest BCUT2D eigenvalue weighted by Gasteiger charge is 2.25. The molecule has 1 N–H and O–H groups in total. The second-order valence-corrected chi connectivity index (χ2v) is 6.98. The van der Waals surface area contributed by atoms with Gasteiger partial charge in [0.05, 0.1) is 7.11 Å². The third kappa shape index (κ3) is 5.82. The first kappa shape index (κ1) is 18.8. The third-order valence-corrected chi connectivity index (χ3v) is 4.96. The van der Waals surface area contributed by atoms with Gasteiger partial charge in [0.1, 0.15) is 5.75 Å². The first-order valence-electron chi connectivity index (χ1n) is 9.24. The molecule has 1 saturated heterocycles. The van der Waals surface area contributed by atoms with Gasteiger partial charge in [-0.1, -0.05) is 31.9 Å². The molecule has 1 atom stereocenters. The molecule has 2 rings (SSSR count). The predicted octanol–water partition coefficient (Wildman–Crippen LogP) is 3.25. The van der Waals surface area contributed by atoms with E-state index in [4.69, 9.17) is 4.74 Å². The number of benzene rings is 1. The van der Waals surface area contributed by atoms with Gasteiger partial charge in [-0.05, 0) is 63.5 Å². The van der Waals surface area contributed by atoms with Gasteiger partial charge in [0.15, 0.2) is 0 Å². The molecule has 0 saturated carbocycles. The van der Waals surface area contributed by atoms with Crippen LogP contribution in [-0.4, -0.2) is 44.1 Å². The molecule has 1 heterocycles. The Hall–Kier alpha value is -1.55. The molecule has 1 aromatic carbocycles. The van der Waals surface area contributed by atoms with Gasteiger partial charge in [0.25, 0.3) is 0 Å². The summed E-state index contributed by atoms with van der Waals surface area (Å²) in [5, 5.41) is 3.32. The van der Waals surface area contributed by atoms with Crippen LogP contribution in [0.1, 0.15) is 44.6 Å². The molecular formula is C20H32N2O2. The van der Waals surface area contributed by atoms with E-state index in [0.29, 0.717) is 0 Å². The molecule has 1 amide bonds. The molecule has 0 aromatic heterocycles. The first-order valence-corrected chi connectivity index (χ1v) is 9.24. The van der Waals surface area contributed by atoms with Crippen LogP contribution in [0, 0.1) is 5.92 Å². The van der Waals surface area contributed by atoms with E-state index < -0.39 is 0 Å². The fourth-order valence-electron chi connectivity index (χ4n) is 3.35. The summed E-state index contributed by atoms with van der Waals surface area (Å²) in [5.41, 5.74) is 1.22. The number of ether oxygens (including phenoxy) is 1. The van der Waals surface area contributed by atoms with Crippen molar-refractivity contribution in [2.45, 2.75) is 51.5 Å². The Bertz CT molecular complexity index is 510. The second-order valence-electron chi connectivity index (χ2n) is 6.98. The number of carbonyl (C=O) groups is 1. The third-order valence-electron chi connectivity index (χ3n) is 4.96. The number of methoxy groups -OCH3 is 1. The number of piperidine rings is 1. The Morgan fingerprint density at radius 2 is 2.12 bits per heavy atom. The van der Waals surface area contributed by atoms with E-state index in [0.717, 1.165) is 57.4 Å². The van der Waals surface area contributed by atoms with E-state index in [-0.39, 0.29) is 17.9 Å². The van der Waals surface area contributed by atoms with Gasteiger partial charge in [-0.25, -0.2) is 0 Å². The van der Waals surface area contributed by atoms with Crippen molar-refractivity contribution in [2.75, 3.05) is 27.2 Å². The highest BCUT2D eigenvalue weighted by atomic mass is 16.5. The summed E-state index contributed by atoms with van der Waals surface area (Å²) in [6, 6.07) is 8.37. The average molecular weight is 332 g/mol.